The number of nitrogens with two attached hydrogens (primary N) is 3. The van der Waals surface area contributed by atoms with Gasteiger partial charge in [-0.3, -0.25) is 14.4 Å². The molecule has 0 aliphatic heterocycles. The van der Waals surface area contributed by atoms with Crippen LogP contribution in [0.25, 0.3) is 0 Å². The topological polar surface area (TPSA) is 166 Å². The van der Waals surface area contributed by atoms with E-state index in [2.05, 4.69) is 15.4 Å². The van der Waals surface area contributed by atoms with E-state index in [1.165, 1.54) is 23.1 Å². The summed E-state index contributed by atoms with van der Waals surface area (Å²) in [5, 5.41) is 4.91. The zero-order valence-electron chi connectivity index (χ0n) is 20.7. The normalized spacial score (nSPS) is 12.8. The molecule has 0 fully saturated rings. The van der Waals surface area contributed by atoms with Crippen LogP contribution in [-0.2, 0) is 20.8 Å². The number of amides is 3. The average Bonchev–Trinajstić information content (AvgIpc) is 2.87. The summed E-state index contributed by atoms with van der Waals surface area (Å²) in [5.41, 5.74) is 17.6. The van der Waals surface area contributed by atoms with E-state index < -0.39 is 41.9 Å². The number of hydrogen-bond acceptors (Lipinski definition) is 7. The van der Waals surface area contributed by atoms with Gasteiger partial charge in [-0.05, 0) is 30.5 Å². The minimum atomic E-state index is -4.97. The van der Waals surface area contributed by atoms with Gasteiger partial charge in [0.25, 0.3) is 0 Å². The standard InChI is InChI=1S/C25H33F3N6O4/c26-25(27,28)38-21-9-5-4-8-19(21)32-24(37)20(11-10-17-6-2-1-3-7-17)33-23(36)18(31)16-22(35)34(14-12-29)15-13-30/h1-9,18,20H,10-16,29-31H2,(H,32,37)(H,33,36)/t18-,20-/m0/s1. The summed E-state index contributed by atoms with van der Waals surface area (Å²) >= 11 is 0. The van der Waals surface area contributed by atoms with Crippen molar-refractivity contribution < 1.29 is 32.3 Å². The first-order chi connectivity index (χ1) is 18.0. The van der Waals surface area contributed by atoms with Gasteiger partial charge in [0.2, 0.25) is 17.7 Å². The molecule has 0 saturated carbocycles. The van der Waals surface area contributed by atoms with Gasteiger partial charge in [0.1, 0.15) is 6.04 Å². The molecule has 2 aromatic carbocycles. The van der Waals surface area contributed by atoms with Crippen LogP contribution in [0.3, 0.4) is 0 Å². The highest BCUT2D eigenvalue weighted by Gasteiger charge is 2.33. The Kier molecular flexibility index (Phi) is 12.0. The van der Waals surface area contributed by atoms with Gasteiger partial charge in [-0.1, -0.05) is 42.5 Å². The number of ether oxygens (including phenoxy) is 1. The molecule has 10 nitrogen and oxygen atoms in total. The summed E-state index contributed by atoms with van der Waals surface area (Å²) in [7, 11) is 0. The molecule has 0 spiro atoms. The minimum Gasteiger partial charge on any atom is -0.404 e. The second-order valence-electron chi connectivity index (χ2n) is 8.39. The van der Waals surface area contributed by atoms with Gasteiger partial charge in [-0.15, -0.1) is 13.2 Å². The van der Waals surface area contributed by atoms with Crippen LogP contribution in [0, 0.1) is 0 Å². The number of anilines is 1. The molecule has 0 aromatic heterocycles. The van der Waals surface area contributed by atoms with Crippen LogP contribution in [0.15, 0.2) is 54.6 Å². The maximum absolute atomic E-state index is 13.1. The highest BCUT2D eigenvalue weighted by molar-refractivity contribution is 5.99. The van der Waals surface area contributed by atoms with Crippen LogP contribution >= 0.6 is 0 Å². The lowest BCUT2D eigenvalue weighted by atomic mass is 10.0. The molecular weight excluding hydrogens is 505 g/mol. The molecule has 2 aromatic rings. The van der Waals surface area contributed by atoms with E-state index in [1.54, 1.807) is 0 Å². The number of benzene rings is 2. The van der Waals surface area contributed by atoms with Gasteiger partial charge in [0.15, 0.2) is 5.75 Å². The molecule has 2 atom stereocenters. The van der Waals surface area contributed by atoms with E-state index in [4.69, 9.17) is 17.2 Å². The lowest BCUT2D eigenvalue weighted by Gasteiger charge is -2.24. The smallest absolute Gasteiger partial charge is 0.404 e. The first-order valence-corrected chi connectivity index (χ1v) is 12.0. The second kappa shape index (κ2) is 14.9. The third kappa shape index (κ3) is 10.4. The fourth-order valence-electron chi connectivity index (χ4n) is 3.59. The number of nitrogens with one attached hydrogen (secondary N) is 2. The summed E-state index contributed by atoms with van der Waals surface area (Å²) in [6.07, 6.45) is -4.84. The molecule has 0 unspecified atom stereocenters. The highest BCUT2D eigenvalue weighted by atomic mass is 19.4. The maximum atomic E-state index is 13.1. The monoisotopic (exact) mass is 538 g/mol. The molecule has 0 bridgehead atoms. The van der Waals surface area contributed by atoms with Gasteiger partial charge in [0, 0.05) is 26.2 Å². The van der Waals surface area contributed by atoms with Crippen LogP contribution in [0.2, 0.25) is 0 Å². The van der Waals surface area contributed by atoms with E-state index in [1.807, 2.05) is 30.3 Å². The van der Waals surface area contributed by atoms with Gasteiger partial charge in [0.05, 0.1) is 18.2 Å². The van der Waals surface area contributed by atoms with Crippen molar-refractivity contribution in [2.45, 2.75) is 37.7 Å². The SMILES string of the molecule is NCCN(CCN)C(=O)C[C@H](N)C(=O)N[C@@H](CCc1ccccc1)C(=O)Nc1ccccc1OC(F)(F)F. The number of rotatable bonds is 14. The van der Waals surface area contributed by atoms with Crippen molar-refractivity contribution in [2.24, 2.45) is 17.2 Å². The number of alkyl halides is 3. The average molecular weight is 539 g/mol. The van der Waals surface area contributed by atoms with Crippen molar-refractivity contribution in [2.75, 3.05) is 31.5 Å². The largest absolute Gasteiger partial charge is 0.573 e. The van der Waals surface area contributed by atoms with Crippen molar-refractivity contribution in [3.05, 3.63) is 60.2 Å². The number of aryl methyl sites for hydroxylation is 1. The molecule has 13 heteroatoms. The summed E-state index contributed by atoms with van der Waals surface area (Å²) in [6.45, 7) is 0.890. The quantitative estimate of drug-likeness (QED) is 0.240. The Balaban J connectivity index is 2.16. The highest BCUT2D eigenvalue weighted by Crippen LogP contribution is 2.30. The molecule has 0 saturated heterocycles. The lowest BCUT2D eigenvalue weighted by Crippen LogP contribution is -2.52. The van der Waals surface area contributed by atoms with E-state index >= 15 is 0 Å². The molecule has 38 heavy (non-hydrogen) atoms. The van der Waals surface area contributed by atoms with Crippen molar-refractivity contribution in [3.8, 4) is 5.75 Å². The van der Waals surface area contributed by atoms with Crippen LogP contribution in [-0.4, -0.2) is 67.2 Å². The fourth-order valence-corrected chi connectivity index (χ4v) is 3.59. The molecule has 0 aliphatic rings. The Labute approximate surface area is 218 Å². The number of hydrogen-bond donors (Lipinski definition) is 5. The second-order valence-corrected chi connectivity index (χ2v) is 8.39. The van der Waals surface area contributed by atoms with Crippen LogP contribution < -0.4 is 32.6 Å². The molecule has 0 radical (unpaired) electrons. The van der Waals surface area contributed by atoms with Crippen LogP contribution in [0.5, 0.6) is 5.75 Å². The first kappa shape index (κ1) is 30.5. The van der Waals surface area contributed by atoms with Gasteiger partial charge >= 0.3 is 6.36 Å². The van der Waals surface area contributed by atoms with E-state index in [-0.39, 0.29) is 44.7 Å². The van der Waals surface area contributed by atoms with Gasteiger partial charge in [-0.25, -0.2) is 0 Å². The summed E-state index contributed by atoms with van der Waals surface area (Å²) < 4.78 is 42.4. The van der Waals surface area contributed by atoms with Crippen molar-refractivity contribution in [3.63, 3.8) is 0 Å². The first-order valence-electron chi connectivity index (χ1n) is 12.0. The molecule has 0 heterocycles. The fraction of sp³-hybridized carbons (Fsp3) is 0.400. The van der Waals surface area contributed by atoms with Gasteiger partial charge < -0.3 is 37.5 Å². The van der Waals surface area contributed by atoms with Crippen LogP contribution in [0.4, 0.5) is 18.9 Å². The van der Waals surface area contributed by atoms with E-state index in [0.717, 1.165) is 11.6 Å². The molecule has 0 aliphatic carbocycles. The summed E-state index contributed by atoms with van der Waals surface area (Å²) in [5.74, 6) is -2.58. The van der Waals surface area contributed by atoms with Crippen molar-refractivity contribution >= 4 is 23.4 Å². The summed E-state index contributed by atoms with van der Waals surface area (Å²) in [6, 6.07) is 11.7. The van der Waals surface area contributed by atoms with Crippen molar-refractivity contribution in [1.29, 1.82) is 0 Å². The zero-order valence-corrected chi connectivity index (χ0v) is 20.7. The number of carbonyl (C=O) groups is 3. The van der Waals surface area contributed by atoms with E-state index in [9.17, 15) is 27.6 Å². The Morgan fingerprint density at radius 3 is 2.13 bits per heavy atom. The Bertz CT molecular complexity index is 1050. The Morgan fingerprint density at radius 1 is 0.921 bits per heavy atom. The third-order valence-electron chi connectivity index (χ3n) is 5.45. The van der Waals surface area contributed by atoms with Crippen LogP contribution in [0.1, 0.15) is 18.4 Å². The molecule has 2 rings (SSSR count). The minimum absolute atomic E-state index is 0.108. The molecular formula is C25H33F3N6O4. The van der Waals surface area contributed by atoms with Gasteiger partial charge in [-0.2, -0.15) is 0 Å². The summed E-state index contributed by atoms with van der Waals surface area (Å²) in [4.78, 5) is 39.9. The van der Waals surface area contributed by atoms with Crippen molar-refractivity contribution in [1.82, 2.24) is 10.2 Å². The molecule has 3 amide bonds. The van der Waals surface area contributed by atoms with E-state index in [0.29, 0.717) is 6.42 Å². The molecule has 8 N–H and O–H groups in total. The number of para-hydroxylation sites is 2. The number of carbonyl (C=O) groups excluding carboxylic acids is 3. The predicted molar refractivity (Wildman–Crippen MR) is 136 cm³/mol. The predicted octanol–water partition coefficient (Wildman–Crippen LogP) is 1.10. The molecule has 208 valence electrons. The zero-order chi connectivity index (χ0) is 28.1. The lowest BCUT2D eigenvalue weighted by molar-refractivity contribution is -0.274. The Hall–Kier alpha value is -3.68. The number of halogens is 3. The maximum Gasteiger partial charge on any atom is 0.573 e. The third-order valence-corrected chi connectivity index (χ3v) is 5.45. The number of nitrogens with zero attached hydrogens (tertiary/aromatic N) is 1. The Morgan fingerprint density at radius 2 is 1.53 bits per heavy atom.